The molecule has 3 N–H and O–H groups in total. The van der Waals surface area contributed by atoms with E-state index in [9.17, 15) is 19.5 Å². The highest BCUT2D eigenvalue weighted by atomic mass is 35.5. The molecule has 0 bridgehead atoms. The average Bonchev–Trinajstić information content (AvgIpc) is 2.77. The summed E-state index contributed by atoms with van der Waals surface area (Å²) in [6.45, 7) is 3.69. The number of hydrogen-bond acceptors (Lipinski definition) is 4. The van der Waals surface area contributed by atoms with Gasteiger partial charge in [0.1, 0.15) is 0 Å². The number of carbonyl (C=O) groups is 3. The van der Waals surface area contributed by atoms with Gasteiger partial charge in [-0.05, 0) is 67.9 Å². The van der Waals surface area contributed by atoms with Gasteiger partial charge in [0.2, 0.25) is 5.91 Å². The fraction of sp³-hybridized carbons (Fsp3) is 0.125. The van der Waals surface area contributed by atoms with Crippen molar-refractivity contribution in [3.05, 3.63) is 88.4 Å². The van der Waals surface area contributed by atoms with Crippen LogP contribution in [0.4, 0.5) is 11.4 Å². The van der Waals surface area contributed by atoms with Crippen LogP contribution >= 0.6 is 23.4 Å². The number of rotatable bonds is 7. The van der Waals surface area contributed by atoms with Gasteiger partial charge in [-0.25, -0.2) is 4.79 Å². The highest BCUT2D eigenvalue weighted by Gasteiger charge is 2.17. The van der Waals surface area contributed by atoms with Crippen molar-refractivity contribution < 1.29 is 19.5 Å². The van der Waals surface area contributed by atoms with E-state index in [1.807, 2.05) is 13.0 Å². The summed E-state index contributed by atoms with van der Waals surface area (Å²) in [4.78, 5) is 37.1. The number of benzene rings is 3. The number of thioether (sulfide) groups is 1. The number of carboxylic acid groups (broad SMARTS) is 1. The van der Waals surface area contributed by atoms with Crippen LogP contribution in [0.5, 0.6) is 0 Å². The van der Waals surface area contributed by atoms with Crippen molar-refractivity contribution in [2.45, 2.75) is 24.0 Å². The molecule has 0 spiro atoms. The lowest BCUT2D eigenvalue weighted by Gasteiger charge is -2.13. The molecule has 0 saturated heterocycles. The highest BCUT2D eigenvalue weighted by Crippen LogP contribution is 2.27. The molecule has 164 valence electrons. The molecule has 0 aliphatic carbocycles. The van der Waals surface area contributed by atoms with Crippen LogP contribution in [0.1, 0.15) is 33.2 Å². The Kier molecular flexibility index (Phi) is 7.56. The van der Waals surface area contributed by atoms with Gasteiger partial charge in [-0.1, -0.05) is 29.8 Å². The molecule has 0 aliphatic rings. The van der Waals surface area contributed by atoms with E-state index in [2.05, 4.69) is 10.6 Å². The van der Waals surface area contributed by atoms with Gasteiger partial charge in [-0.2, -0.15) is 0 Å². The Morgan fingerprint density at radius 2 is 1.53 bits per heavy atom. The quantitative estimate of drug-likeness (QED) is 0.385. The predicted octanol–water partition coefficient (Wildman–Crippen LogP) is 5.72. The molecule has 0 saturated carbocycles. The lowest BCUT2D eigenvalue weighted by atomic mass is 10.1. The third kappa shape index (κ3) is 5.90. The maximum Gasteiger partial charge on any atom is 0.336 e. The molecule has 0 aliphatic heterocycles. The summed E-state index contributed by atoms with van der Waals surface area (Å²) in [6, 6.07) is 18.4. The van der Waals surface area contributed by atoms with E-state index in [1.165, 1.54) is 23.9 Å². The Labute approximate surface area is 195 Å². The molecule has 1 unspecified atom stereocenters. The third-order valence-electron chi connectivity index (χ3n) is 4.64. The predicted molar refractivity (Wildman–Crippen MR) is 128 cm³/mol. The van der Waals surface area contributed by atoms with Crippen molar-refractivity contribution >= 4 is 52.5 Å². The van der Waals surface area contributed by atoms with Crippen LogP contribution in [0.3, 0.4) is 0 Å². The molecule has 3 aromatic carbocycles. The molecular weight excluding hydrogens is 448 g/mol. The zero-order valence-corrected chi connectivity index (χ0v) is 19.0. The van der Waals surface area contributed by atoms with Crippen molar-refractivity contribution in [3.8, 4) is 0 Å². The molecule has 0 fully saturated rings. The number of carbonyl (C=O) groups excluding carboxylic acids is 2. The van der Waals surface area contributed by atoms with E-state index in [0.29, 0.717) is 16.4 Å². The van der Waals surface area contributed by atoms with E-state index in [-0.39, 0.29) is 22.3 Å². The lowest BCUT2D eigenvalue weighted by Crippen LogP contribution is -2.22. The third-order valence-corrected chi connectivity index (χ3v) is 6.15. The van der Waals surface area contributed by atoms with Crippen molar-refractivity contribution in [3.63, 3.8) is 0 Å². The van der Waals surface area contributed by atoms with Crippen LogP contribution in [0.2, 0.25) is 5.02 Å². The maximum absolute atomic E-state index is 12.5. The first-order chi connectivity index (χ1) is 15.2. The fourth-order valence-corrected chi connectivity index (χ4v) is 3.90. The number of anilines is 2. The van der Waals surface area contributed by atoms with Crippen LogP contribution in [0.25, 0.3) is 0 Å². The summed E-state index contributed by atoms with van der Waals surface area (Å²) in [6.07, 6.45) is 0. The number of halogens is 1. The van der Waals surface area contributed by atoms with Crippen LogP contribution < -0.4 is 10.6 Å². The molecule has 0 heterocycles. The van der Waals surface area contributed by atoms with E-state index >= 15 is 0 Å². The molecule has 0 aromatic heterocycles. The highest BCUT2D eigenvalue weighted by molar-refractivity contribution is 8.00. The van der Waals surface area contributed by atoms with Crippen LogP contribution in [0.15, 0.2) is 71.6 Å². The number of aryl methyl sites for hydroxylation is 1. The number of hydrogen-bond donors (Lipinski definition) is 3. The summed E-state index contributed by atoms with van der Waals surface area (Å²) in [5.41, 5.74) is 2.11. The smallest absolute Gasteiger partial charge is 0.336 e. The molecule has 8 heteroatoms. The van der Waals surface area contributed by atoms with Crippen LogP contribution in [-0.4, -0.2) is 28.1 Å². The van der Waals surface area contributed by atoms with E-state index in [1.54, 1.807) is 55.5 Å². The largest absolute Gasteiger partial charge is 0.478 e. The Morgan fingerprint density at radius 1 is 0.906 bits per heavy atom. The van der Waals surface area contributed by atoms with Crippen LogP contribution in [-0.2, 0) is 4.79 Å². The van der Waals surface area contributed by atoms with Gasteiger partial charge in [0.25, 0.3) is 5.91 Å². The zero-order chi connectivity index (χ0) is 23.3. The molecule has 3 aromatic rings. The van der Waals surface area contributed by atoms with Crippen molar-refractivity contribution in [1.29, 1.82) is 0 Å². The summed E-state index contributed by atoms with van der Waals surface area (Å²) in [7, 11) is 0. The second-order valence-corrected chi connectivity index (χ2v) is 8.86. The minimum absolute atomic E-state index is 0.0631. The van der Waals surface area contributed by atoms with E-state index in [0.717, 1.165) is 10.5 Å². The van der Waals surface area contributed by atoms with Gasteiger partial charge in [0.05, 0.1) is 16.4 Å². The summed E-state index contributed by atoms with van der Waals surface area (Å²) in [5.74, 6) is -1.83. The molecule has 2 amide bonds. The first-order valence-corrected chi connectivity index (χ1v) is 11.0. The average molecular weight is 469 g/mol. The summed E-state index contributed by atoms with van der Waals surface area (Å²) >= 11 is 7.48. The molecule has 1 atom stereocenters. The second kappa shape index (κ2) is 10.3. The number of amides is 2. The topological polar surface area (TPSA) is 95.5 Å². The molecule has 0 radical (unpaired) electrons. The second-order valence-electron chi connectivity index (χ2n) is 7.04. The summed E-state index contributed by atoms with van der Waals surface area (Å²) < 4.78 is 0. The van der Waals surface area contributed by atoms with Crippen molar-refractivity contribution in [2.75, 3.05) is 10.6 Å². The van der Waals surface area contributed by atoms with Crippen molar-refractivity contribution in [2.24, 2.45) is 0 Å². The summed E-state index contributed by atoms with van der Waals surface area (Å²) in [5, 5.41) is 15.0. The van der Waals surface area contributed by atoms with Gasteiger partial charge >= 0.3 is 5.97 Å². The number of aromatic carboxylic acids is 1. The Morgan fingerprint density at radius 3 is 2.16 bits per heavy atom. The Hall–Kier alpha value is -3.29. The SMILES string of the molecule is Cc1ccc(NC(=O)C(C)Sc2ccc(NC(=O)c3ccccc3C(=O)O)cc2)cc1Cl. The monoisotopic (exact) mass is 468 g/mol. The van der Waals surface area contributed by atoms with Crippen LogP contribution in [0, 0.1) is 6.92 Å². The number of carboxylic acids is 1. The Balaban J connectivity index is 1.60. The fourth-order valence-electron chi connectivity index (χ4n) is 2.86. The van der Waals surface area contributed by atoms with Gasteiger partial charge in [0, 0.05) is 21.3 Å². The first kappa shape index (κ1) is 23.4. The zero-order valence-electron chi connectivity index (χ0n) is 17.4. The van der Waals surface area contributed by atoms with Gasteiger partial charge < -0.3 is 15.7 Å². The van der Waals surface area contributed by atoms with E-state index < -0.39 is 11.9 Å². The van der Waals surface area contributed by atoms with Gasteiger partial charge in [-0.15, -0.1) is 11.8 Å². The van der Waals surface area contributed by atoms with E-state index in [4.69, 9.17) is 11.6 Å². The molecule has 6 nitrogen and oxygen atoms in total. The maximum atomic E-state index is 12.5. The molecule has 3 rings (SSSR count). The first-order valence-electron chi connectivity index (χ1n) is 9.72. The molecule has 32 heavy (non-hydrogen) atoms. The number of nitrogens with one attached hydrogen (secondary N) is 2. The van der Waals surface area contributed by atoms with Crippen molar-refractivity contribution in [1.82, 2.24) is 0 Å². The lowest BCUT2D eigenvalue weighted by molar-refractivity contribution is -0.115. The minimum Gasteiger partial charge on any atom is -0.478 e. The standard InChI is InChI=1S/C24H21ClN2O4S/c1-14-7-8-17(13-21(14)25)27-22(28)15(2)32-18-11-9-16(10-12-18)26-23(29)19-5-3-4-6-20(19)24(30)31/h3-13,15H,1-2H3,(H,26,29)(H,27,28)(H,30,31). The minimum atomic E-state index is -1.16. The normalized spacial score (nSPS) is 11.5. The van der Waals surface area contributed by atoms with Gasteiger partial charge in [0.15, 0.2) is 0 Å². The molecular formula is C24H21ClN2O4S. The Bertz CT molecular complexity index is 1160. The van der Waals surface area contributed by atoms with Gasteiger partial charge in [-0.3, -0.25) is 9.59 Å².